The van der Waals surface area contributed by atoms with Crippen molar-refractivity contribution in [3.8, 4) is 0 Å². The zero-order valence-corrected chi connectivity index (χ0v) is 12.2. The first kappa shape index (κ1) is 13.5. The Balaban J connectivity index is 2.59. The van der Waals surface area contributed by atoms with Crippen LogP contribution >= 0.6 is 22.6 Å². The molecule has 1 amide bonds. The average molecular weight is 335 g/mol. The number of unbranched alkanes of at least 4 members (excludes halogenated alkanes) is 1. The molecule has 0 atom stereocenters. The van der Waals surface area contributed by atoms with E-state index in [0.717, 1.165) is 35.1 Å². The molecule has 0 aliphatic heterocycles. The monoisotopic (exact) mass is 335 g/mol. The average Bonchev–Trinajstić information content (AvgIpc) is 2.48. The molecule has 0 saturated carbocycles. The van der Waals surface area contributed by atoms with Crippen LogP contribution < -0.4 is 5.32 Å². The van der Waals surface area contributed by atoms with Gasteiger partial charge in [-0.25, -0.2) is 0 Å². The third-order valence-corrected chi connectivity index (χ3v) is 3.40. The Labute approximate surface area is 110 Å². The number of alkyl halides is 1. The smallest absolute Gasteiger partial charge is 0.255 e. The first-order chi connectivity index (χ1) is 7.57. The molecule has 0 fully saturated rings. The molecule has 1 rings (SSSR count). The highest BCUT2D eigenvalue weighted by Crippen LogP contribution is 2.20. The molecule has 0 aliphatic carbocycles. The zero-order chi connectivity index (χ0) is 12.1. The molecular weight excluding hydrogens is 317 g/mol. The second kappa shape index (κ2) is 6.27. The maximum Gasteiger partial charge on any atom is 0.255 e. The number of furan rings is 1. The van der Waals surface area contributed by atoms with E-state index in [1.807, 2.05) is 20.8 Å². The minimum atomic E-state index is -0.0136. The van der Waals surface area contributed by atoms with E-state index in [4.69, 9.17) is 4.42 Å². The Morgan fingerprint density at radius 1 is 1.25 bits per heavy atom. The summed E-state index contributed by atoms with van der Waals surface area (Å²) in [6.07, 6.45) is 2.17. The molecular formula is C12H18INO2. The van der Waals surface area contributed by atoms with Gasteiger partial charge in [0.1, 0.15) is 11.5 Å². The normalized spacial score (nSPS) is 10.5. The number of halogens is 1. The summed E-state index contributed by atoms with van der Waals surface area (Å²) in [5.74, 6) is 1.52. The number of rotatable bonds is 5. The summed E-state index contributed by atoms with van der Waals surface area (Å²) in [5.41, 5.74) is 1.65. The van der Waals surface area contributed by atoms with Crippen molar-refractivity contribution in [3.63, 3.8) is 0 Å². The molecule has 4 heteroatoms. The van der Waals surface area contributed by atoms with Gasteiger partial charge in [-0.2, -0.15) is 0 Å². The van der Waals surface area contributed by atoms with E-state index in [9.17, 15) is 4.79 Å². The van der Waals surface area contributed by atoms with E-state index in [0.29, 0.717) is 11.3 Å². The summed E-state index contributed by atoms with van der Waals surface area (Å²) < 4.78 is 6.57. The molecule has 1 heterocycles. The van der Waals surface area contributed by atoms with Gasteiger partial charge in [0, 0.05) is 12.1 Å². The van der Waals surface area contributed by atoms with Crippen LogP contribution in [-0.2, 0) is 0 Å². The second-order valence-corrected chi connectivity index (χ2v) is 4.95. The lowest BCUT2D eigenvalue weighted by molar-refractivity contribution is 0.0951. The van der Waals surface area contributed by atoms with Gasteiger partial charge in [-0.05, 0) is 38.0 Å². The predicted molar refractivity (Wildman–Crippen MR) is 73.4 cm³/mol. The highest BCUT2D eigenvalue weighted by atomic mass is 127. The Morgan fingerprint density at radius 2 is 1.94 bits per heavy atom. The van der Waals surface area contributed by atoms with Crippen molar-refractivity contribution in [2.24, 2.45) is 0 Å². The number of nitrogens with one attached hydrogen (secondary N) is 1. The van der Waals surface area contributed by atoms with Crippen molar-refractivity contribution in [3.05, 3.63) is 22.6 Å². The summed E-state index contributed by atoms with van der Waals surface area (Å²) in [4.78, 5) is 11.9. The van der Waals surface area contributed by atoms with Crippen LogP contribution in [0.1, 0.15) is 40.3 Å². The van der Waals surface area contributed by atoms with Gasteiger partial charge in [-0.15, -0.1) is 0 Å². The van der Waals surface area contributed by atoms with E-state index in [1.165, 1.54) is 0 Å². The number of hydrogen-bond acceptors (Lipinski definition) is 2. The van der Waals surface area contributed by atoms with Crippen LogP contribution in [0.5, 0.6) is 0 Å². The molecule has 1 aromatic heterocycles. The third kappa shape index (κ3) is 3.23. The molecule has 0 radical (unpaired) electrons. The number of hydrogen-bond donors (Lipinski definition) is 1. The van der Waals surface area contributed by atoms with E-state index < -0.39 is 0 Å². The summed E-state index contributed by atoms with van der Waals surface area (Å²) >= 11 is 2.34. The van der Waals surface area contributed by atoms with Crippen LogP contribution in [0.15, 0.2) is 4.42 Å². The molecule has 0 spiro atoms. The van der Waals surface area contributed by atoms with Gasteiger partial charge in [0.15, 0.2) is 0 Å². The maximum absolute atomic E-state index is 11.9. The zero-order valence-electron chi connectivity index (χ0n) is 10.0. The highest BCUT2D eigenvalue weighted by molar-refractivity contribution is 14.1. The van der Waals surface area contributed by atoms with E-state index in [1.54, 1.807) is 0 Å². The van der Waals surface area contributed by atoms with Crippen molar-refractivity contribution >= 4 is 28.5 Å². The van der Waals surface area contributed by atoms with E-state index >= 15 is 0 Å². The Kier molecular flexibility index (Phi) is 5.31. The lowest BCUT2D eigenvalue weighted by Gasteiger charge is -2.04. The van der Waals surface area contributed by atoms with Crippen LogP contribution in [0.3, 0.4) is 0 Å². The lowest BCUT2D eigenvalue weighted by Crippen LogP contribution is -2.25. The van der Waals surface area contributed by atoms with Crippen LogP contribution in [0.2, 0.25) is 0 Å². The third-order valence-electron chi connectivity index (χ3n) is 2.63. The van der Waals surface area contributed by atoms with Gasteiger partial charge in [-0.1, -0.05) is 22.6 Å². The Morgan fingerprint density at radius 3 is 2.44 bits per heavy atom. The summed E-state index contributed by atoms with van der Waals surface area (Å²) in [6, 6.07) is 0. The quantitative estimate of drug-likeness (QED) is 0.510. The predicted octanol–water partition coefficient (Wildman–Crippen LogP) is 3.15. The SMILES string of the molecule is Cc1oc(C)c(C(=O)NCCCCI)c1C. The fourth-order valence-electron chi connectivity index (χ4n) is 1.64. The van der Waals surface area contributed by atoms with E-state index in [-0.39, 0.29) is 5.91 Å². The van der Waals surface area contributed by atoms with Gasteiger partial charge in [0.05, 0.1) is 5.56 Å². The van der Waals surface area contributed by atoms with Crippen molar-refractivity contribution in [1.29, 1.82) is 0 Å². The van der Waals surface area contributed by atoms with Crippen LogP contribution in [0, 0.1) is 20.8 Å². The fraction of sp³-hybridized carbons (Fsp3) is 0.583. The highest BCUT2D eigenvalue weighted by Gasteiger charge is 2.17. The van der Waals surface area contributed by atoms with Gasteiger partial charge in [0.25, 0.3) is 5.91 Å². The molecule has 0 saturated heterocycles. The van der Waals surface area contributed by atoms with Crippen molar-refractivity contribution in [2.45, 2.75) is 33.6 Å². The molecule has 1 aromatic rings. The fourth-order valence-corrected chi connectivity index (χ4v) is 2.18. The number of carbonyl (C=O) groups is 1. The minimum absolute atomic E-state index is 0.0136. The van der Waals surface area contributed by atoms with Crippen LogP contribution in [-0.4, -0.2) is 16.9 Å². The number of amides is 1. The Hall–Kier alpha value is -0.520. The summed E-state index contributed by atoms with van der Waals surface area (Å²) in [7, 11) is 0. The molecule has 3 nitrogen and oxygen atoms in total. The molecule has 1 N–H and O–H groups in total. The lowest BCUT2D eigenvalue weighted by atomic mass is 10.1. The van der Waals surface area contributed by atoms with Crippen LogP contribution in [0.4, 0.5) is 0 Å². The van der Waals surface area contributed by atoms with Crippen molar-refractivity contribution in [2.75, 3.05) is 11.0 Å². The molecule has 0 unspecified atom stereocenters. The first-order valence-electron chi connectivity index (χ1n) is 5.48. The van der Waals surface area contributed by atoms with Gasteiger partial charge >= 0.3 is 0 Å². The van der Waals surface area contributed by atoms with Crippen molar-refractivity contribution in [1.82, 2.24) is 5.32 Å². The molecule has 0 aliphatic rings. The summed E-state index contributed by atoms with van der Waals surface area (Å²) in [5, 5.41) is 2.93. The van der Waals surface area contributed by atoms with Gasteiger partial charge < -0.3 is 9.73 Å². The topological polar surface area (TPSA) is 42.2 Å². The first-order valence-corrected chi connectivity index (χ1v) is 7.01. The molecule has 90 valence electrons. The number of aryl methyl sites for hydroxylation is 2. The second-order valence-electron chi connectivity index (χ2n) is 3.87. The molecule has 0 aromatic carbocycles. The van der Waals surface area contributed by atoms with E-state index in [2.05, 4.69) is 27.9 Å². The number of carbonyl (C=O) groups excluding carboxylic acids is 1. The summed E-state index contributed by atoms with van der Waals surface area (Å²) in [6.45, 7) is 6.38. The minimum Gasteiger partial charge on any atom is -0.466 e. The van der Waals surface area contributed by atoms with Gasteiger partial charge in [-0.3, -0.25) is 4.79 Å². The maximum atomic E-state index is 11.9. The molecule has 0 bridgehead atoms. The van der Waals surface area contributed by atoms with Crippen LogP contribution in [0.25, 0.3) is 0 Å². The Bertz CT molecular complexity index is 371. The van der Waals surface area contributed by atoms with Crippen molar-refractivity contribution < 1.29 is 9.21 Å². The molecule has 16 heavy (non-hydrogen) atoms. The standard InChI is InChI=1S/C12H18INO2/c1-8-9(2)16-10(3)11(8)12(15)14-7-5-4-6-13/h4-7H2,1-3H3,(H,14,15). The van der Waals surface area contributed by atoms with Gasteiger partial charge in [0.2, 0.25) is 0 Å². The largest absolute Gasteiger partial charge is 0.466 e.